The van der Waals surface area contributed by atoms with Crippen molar-refractivity contribution in [3.63, 3.8) is 0 Å². The standard InChI is InChI=1S/C11H17F3N4S/c1-18(2)10(5-3-4-6-10)7-15-9-16-8(17-19-9)11(12,13)14/h3-7H2,1-2H3,(H,15,16,17). The van der Waals surface area contributed by atoms with Gasteiger partial charge in [-0.25, -0.2) is 0 Å². The predicted molar refractivity (Wildman–Crippen MR) is 68.3 cm³/mol. The van der Waals surface area contributed by atoms with E-state index in [9.17, 15) is 13.2 Å². The monoisotopic (exact) mass is 294 g/mol. The third-order valence-corrected chi connectivity index (χ3v) is 4.40. The van der Waals surface area contributed by atoms with Gasteiger partial charge in [-0.15, -0.1) is 0 Å². The van der Waals surface area contributed by atoms with Crippen LogP contribution in [0.5, 0.6) is 0 Å². The molecule has 1 aliphatic carbocycles. The highest BCUT2D eigenvalue weighted by atomic mass is 32.1. The van der Waals surface area contributed by atoms with E-state index in [-0.39, 0.29) is 10.7 Å². The van der Waals surface area contributed by atoms with Crippen molar-refractivity contribution in [2.75, 3.05) is 26.0 Å². The van der Waals surface area contributed by atoms with E-state index < -0.39 is 12.0 Å². The molecular weight excluding hydrogens is 277 g/mol. The van der Waals surface area contributed by atoms with Crippen LogP contribution in [0.25, 0.3) is 0 Å². The summed E-state index contributed by atoms with van der Waals surface area (Å²) in [5.74, 6) is -1.06. The summed E-state index contributed by atoms with van der Waals surface area (Å²) >= 11 is 0.759. The van der Waals surface area contributed by atoms with Crippen molar-refractivity contribution in [2.45, 2.75) is 37.4 Å². The lowest BCUT2D eigenvalue weighted by Crippen LogP contribution is -2.47. The summed E-state index contributed by atoms with van der Waals surface area (Å²) in [4.78, 5) is 5.64. The van der Waals surface area contributed by atoms with Gasteiger partial charge in [0.1, 0.15) is 0 Å². The molecule has 0 unspecified atom stereocenters. The van der Waals surface area contributed by atoms with Gasteiger partial charge >= 0.3 is 6.18 Å². The summed E-state index contributed by atoms with van der Waals surface area (Å²) in [6, 6.07) is 0. The molecule has 1 heterocycles. The normalized spacial score (nSPS) is 19.1. The first-order valence-electron chi connectivity index (χ1n) is 6.16. The van der Waals surface area contributed by atoms with Crippen LogP contribution in [0, 0.1) is 0 Å². The average molecular weight is 294 g/mol. The molecular formula is C11H17F3N4S. The molecule has 1 aromatic heterocycles. The Morgan fingerprint density at radius 1 is 1.32 bits per heavy atom. The van der Waals surface area contributed by atoms with Crippen LogP contribution in [0.4, 0.5) is 18.3 Å². The number of nitrogens with zero attached hydrogens (tertiary/aromatic N) is 3. The second kappa shape index (κ2) is 5.24. The van der Waals surface area contributed by atoms with Gasteiger partial charge < -0.3 is 10.2 Å². The van der Waals surface area contributed by atoms with Crippen molar-refractivity contribution in [1.29, 1.82) is 0 Å². The van der Waals surface area contributed by atoms with Crippen molar-refractivity contribution in [1.82, 2.24) is 14.3 Å². The van der Waals surface area contributed by atoms with Gasteiger partial charge in [0.15, 0.2) is 0 Å². The molecule has 0 saturated heterocycles. The molecule has 1 saturated carbocycles. The Kier molecular flexibility index (Phi) is 4.00. The topological polar surface area (TPSA) is 41.0 Å². The van der Waals surface area contributed by atoms with Crippen LogP contribution in [0.1, 0.15) is 31.5 Å². The first-order chi connectivity index (χ1) is 8.83. The molecule has 1 aromatic rings. The highest BCUT2D eigenvalue weighted by Gasteiger charge is 2.38. The minimum Gasteiger partial charge on any atom is -0.358 e. The molecule has 8 heteroatoms. The van der Waals surface area contributed by atoms with Crippen molar-refractivity contribution in [2.24, 2.45) is 0 Å². The molecule has 0 bridgehead atoms. The molecule has 108 valence electrons. The molecule has 0 aliphatic heterocycles. The number of hydrogen-bond acceptors (Lipinski definition) is 5. The van der Waals surface area contributed by atoms with E-state index in [1.807, 2.05) is 14.1 Å². The zero-order valence-corrected chi connectivity index (χ0v) is 11.7. The van der Waals surface area contributed by atoms with Gasteiger partial charge in [0, 0.05) is 23.6 Å². The van der Waals surface area contributed by atoms with E-state index in [1.54, 1.807) is 0 Å². The average Bonchev–Trinajstić information content (AvgIpc) is 2.96. The summed E-state index contributed by atoms with van der Waals surface area (Å²) in [6.07, 6.45) is -0.0492. The van der Waals surface area contributed by atoms with Crippen LogP contribution in [0.15, 0.2) is 0 Å². The molecule has 1 N–H and O–H groups in total. The fourth-order valence-corrected chi connectivity index (χ4v) is 3.05. The van der Waals surface area contributed by atoms with Gasteiger partial charge in [0.25, 0.3) is 0 Å². The molecule has 1 fully saturated rings. The van der Waals surface area contributed by atoms with Crippen LogP contribution in [-0.4, -0.2) is 40.4 Å². The number of rotatable bonds is 4. The maximum atomic E-state index is 12.4. The quantitative estimate of drug-likeness (QED) is 0.927. The molecule has 19 heavy (non-hydrogen) atoms. The zero-order valence-electron chi connectivity index (χ0n) is 10.9. The first-order valence-corrected chi connectivity index (χ1v) is 6.93. The lowest BCUT2D eigenvalue weighted by molar-refractivity contribution is -0.144. The molecule has 4 nitrogen and oxygen atoms in total. The van der Waals surface area contributed by atoms with Crippen molar-refractivity contribution >= 4 is 16.7 Å². The highest BCUT2D eigenvalue weighted by Crippen LogP contribution is 2.34. The molecule has 0 spiro atoms. The largest absolute Gasteiger partial charge is 0.452 e. The lowest BCUT2D eigenvalue weighted by atomic mass is 9.96. The fraction of sp³-hybridized carbons (Fsp3) is 0.818. The van der Waals surface area contributed by atoms with Gasteiger partial charge in [0.2, 0.25) is 11.0 Å². The van der Waals surface area contributed by atoms with Crippen LogP contribution in [0.2, 0.25) is 0 Å². The molecule has 0 amide bonds. The minimum absolute atomic E-state index is 0.0179. The van der Waals surface area contributed by atoms with E-state index in [4.69, 9.17) is 0 Å². The fourth-order valence-electron chi connectivity index (χ4n) is 2.47. The number of anilines is 1. The van der Waals surface area contributed by atoms with E-state index in [0.717, 1.165) is 37.2 Å². The molecule has 1 aliphatic rings. The second-order valence-electron chi connectivity index (χ2n) is 5.10. The Balaban J connectivity index is 2.00. The van der Waals surface area contributed by atoms with E-state index in [0.29, 0.717) is 6.54 Å². The van der Waals surface area contributed by atoms with E-state index in [1.165, 1.54) is 0 Å². The minimum atomic E-state index is -4.47. The summed E-state index contributed by atoms with van der Waals surface area (Å²) in [5, 5.41) is 3.24. The first kappa shape index (κ1) is 14.5. The lowest BCUT2D eigenvalue weighted by Gasteiger charge is -2.36. The van der Waals surface area contributed by atoms with Gasteiger partial charge in [-0.2, -0.15) is 22.5 Å². The smallest absolute Gasteiger partial charge is 0.358 e. The Morgan fingerprint density at radius 3 is 2.42 bits per heavy atom. The van der Waals surface area contributed by atoms with Gasteiger partial charge in [-0.3, -0.25) is 0 Å². The van der Waals surface area contributed by atoms with Crippen molar-refractivity contribution < 1.29 is 13.2 Å². The molecule has 2 rings (SSSR count). The van der Waals surface area contributed by atoms with Crippen LogP contribution in [-0.2, 0) is 6.18 Å². The maximum Gasteiger partial charge on any atom is 0.452 e. The van der Waals surface area contributed by atoms with Crippen LogP contribution in [0.3, 0.4) is 0 Å². The third-order valence-electron chi connectivity index (χ3n) is 3.73. The maximum absolute atomic E-state index is 12.4. The van der Waals surface area contributed by atoms with Gasteiger partial charge in [0.05, 0.1) is 0 Å². The highest BCUT2D eigenvalue weighted by molar-refractivity contribution is 7.09. The molecule has 0 aromatic carbocycles. The molecule has 0 atom stereocenters. The van der Waals surface area contributed by atoms with E-state index in [2.05, 4.69) is 19.6 Å². The van der Waals surface area contributed by atoms with Crippen LogP contribution >= 0.6 is 11.5 Å². The SMILES string of the molecule is CN(C)C1(CNc2nc(C(F)(F)F)ns2)CCCC1. The Morgan fingerprint density at radius 2 is 1.95 bits per heavy atom. The number of nitrogens with one attached hydrogen (secondary N) is 1. The van der Waals surface area contributed by atoms with Crippen molar-refractivity contribution in [3.8, 4) is 0 Å². The number of aromatic nitrogens is 2. The van der Waals surface area contributed by atoms with Crippen molar-refractivity contribution in [3.05, 3.63) is 5.82 Å². The number of halogens is 3. The Labute approximate surface area is 114 Å². The Bertz CT molecular complexity index is 424. The summed E-state index contributed by atoms with van der Waals surface area (Å²) in [6.45, 7) is 0.604. The van der Waals surface area contributed by atoms with Gasteiger partial charge in [-0.05, 0) is 26.9 Å². The third kappa shape index (κ3) is 3.17. The molecule has 0 radical (unpaired) electrons. The summed E-state index contributed by atoms with van der Waals surface area (Å²) in [5.41, 5.74) is 0.0179. The van der Waals surface area contributed by atoms with Crippen LogP contribution < -0.4 is 5.32 Å². The van der Waals surface area contributed by atoms with E-state index >= 15 is 0 Å². The second-order valence-corrected chi connectivity index (χ2v) is 5.85. The predicted octanol–water partition coefficient (Wildman–Crippen LogP) is 2.84. The summed E-state index contributed by atoms with van der Waals surface area (Å²) in [7, 11) is 4.02. The number of likely N-dealkylation sites (N-methyl/N-ethyl adjacent to an activating group) is 1. The van der Waals surface area contributed by atoms with Gasteiger partial charge in [-0.1, -0.05) is 12.8 Å². The summed E-state index contributed by atoms with van der Waals surface area (Å²) < 4.78 is 40.5. The number of alkyl halides is 3. The zero-order chi connectivity index (χ0) is 14.1. The Hall–Kier alpha value is -0.890. The number of hydrogen-bond donors (Lipinski definition) is 1.